The van der Waals surface area contributed by atoms with Crippen LogP contribution in [0.1, 0.15) is 373 Å². The lowest BCUT2D eigenvalue weighted by molar-refractivity contribution is -0.161. The largest absolute Gasteiger partial charge is 0.472 e. The van der Waals surface area contributed by atoms with Gasteiger partial charge < -0.3 is 20.1 Å². The zero-order valence-electron chi connectivity index (χ0n) is 52.6. The third-order valence-electron chi connectivity index (χ3n) is 15.8. The Morgan fingerprint density at radius 1 is 0.380 bits per heavy atom. The SMILES string of the molecule is CCCCCCC/C=C\C/C=C\CCCCCCCCCCCCCCCCCCCCCCCCCCCCCC(=O)OC(COC(=O)CCCCCCCCCCCCCCCCCCCCC)COP(=O)(O)OCCN. The van der Waals surface area contributed by atoms with E-state index >= 15 is 0 Å². The van der Waals surface area contributed by atoms with Crippen LogP contribution in [-0.4, -0.2) is 49.3 Å². The maximum Gasteiger partial charge on any atom is 0.472 e. The molecule has 0 saturated heterocycles. The summed E-state index contributed by atoms with van der Waals surface area (Å²) in [5, 5.41) is 0. The molecule has 0 aliphatic heterocycles. The summed E-state index contributed by atoms with van der Waals surface area (Å²) in [6, 6.07) is 0. The summed E-state index contributed by atoms with van der Waals surface area (Å²) in [6.45, 7) is 3.81. The Balaban J connectivity index is 3.74. The van der Waals surface area contributed by atoms with Gasteiger partial charge in [-0.05, 0) is 44.9 Å². The van der Waals surface area contributed by atoms with E-state index in [-0.39, 0.29) is 38.6 Å². The quantitative estimate of drug-likeness (QED) is 0.0264. The Bertz CT molecular complexity index is 1340. The molecule has 0 aromatic rings. The Morgan fingerprint density at radius 2 is 0.658 bits per heavy atom. The number of rotatable bonds is 67. The van der Waals surface area contributed by atoms with Crippen molar-refractivity contribution < 1.29 is 37.6 Å². The van der Waals surface area contributed by atoms with Crippen LogP contribution >= 0.6 is 7.82 Å². The van der Waals surface area contributed by atoms with Gasteiger partial charge in [0.1, 0.15) is 6.61 Å². The van der Waals surface area contributed by atoms with Crippen molar-refractivity contribution in [3.8, 4) is 0 Å². The summed E-state index contributed by atoms with van der Waals surface area (Å²) < 4.78 is 33.1. The van der Waals surface area contributed by atoms with Crippen molar-refractivity contribution in [3.63, 3.8) is 0 Å². The minimum Gasteiger partial charge on any atom is -0.462 e. The first-order valence-corrected chi connectivity index (χ1v) is 36.3. The lowest BCUT2D eigenvalue weighted by Crippen LogP contribution is -2.29. The highest BCUT2D eigenvalue weighted by Crippen LogP contribution is 2.43. The van der Waals surface area contributed by atoms with Crippen LogP contribution in [0.25, 0.3) is 0 Å². The second-order valence-corrected chi connectivity index (χ2v) is 25.2. The molecule has 2 unspecified atom stereocenters. The maximum atomic E-state index is 12.7. The molecule has 0 aliphatic carbocycles. The van der Waals surface area contributed by atoms with Crippen molar-refractivity contribution in [2.45, 2.75) is 380 Å². The number of carbonyl (C=O) groups excluding carboxylic acids is 2. The number of hydrogen-bond acceptors (Lipinski definition) is 8. The van der Waals surface area contributed by atoms with E-state index in [4.69, 9.17) is 24.3 Å². The van der Waals surface area contributed by atoms with Gasteiger partial charge in [0, 0.05) is 19.4 Å². The van der Waals surface area contributed by atoms with Crippen molar-refractivity contribution in [1.29, 1.82) is 0 Å². The van der Waals surface area contributed by atoms with Crippen LogP contribution < -0.4 is 5.73 Å². The summed E-state index contributed by atoms with van der Waals surface area (Å²) >= 11 is 0. The topological polar surface area (TPSA) is 134 Å². The fourth-order valence-corrected chi connectivity index (χ4v) is 11.4. The molecule has 0 saturated carbocycles. The first-order valence-electron chi connectivity index (χ1n) is 34.8. The van der Waals surface area contributed by atoms with Crippen LogP contribution in [0.2, 0.25) is 0 Å². The number of hydrogen-bond donors (Lipinski definition) is 2. The number of ether oxygens (including phenoxy) is 2. The summed E-state index contributed by atoms with van der Waals surface area (Å²) in [5.41, 5.74) is 5.40. The minimum absolute atomic E-state index is 0.0575. The number of allylic oxidation sites excluding steroid dienone is 4. The average molecular weight is 1140 g/mol. The Hall–Kier alpha value is -1.51. The lowest BCUT2D eigenvalue weighted by Gasteiger charge is -2.19. The fraction of sp³-hybridized carbons (Fsp3) is 0.913. The van der Waals surface area contributed by atoms with Gasteiger partial charge in [0.25, 0.3) is 0 Å². The lowest BCUT2D eigenvalue weighted by atomic mass is 10.0. The van der Waals surface area contributed by atoms with Gasteiger partial charge in [-0.3, -0.25) is 18.6 Å². The third kappa shape index (κ3) is 65.5. The fourth-order valence-electron chi connectivity index (χ4n) is 10.7. The van der Waals surface area contributed by atoms with Gasteiger partial charge in [0.15, 0.2) is 6.10 Å². The van der Waals surface area contributed by atoms with Gasteiger partial charge in [0.05, 0.1) is 13.2 Å². The van der Waals surface area contributed by atoms with E-state index in [0.717, 1.165) is 38.5 Å². The molecule has 2 atom stereocenters. The van der Waals surface area contributed by atoms with Crippen LogP contribution in [0.3, 0.4) is 0 Å². The normalized spacial score (nSPS) is 13.0. The Morgan fingerprint density at radius 3 is 0.962 bits per heavy atom. The number of phosphoric acid groups is 1. The molecule has 0 amide bonds. The van der Waals surface area contributed by atoms with Crippen LogP contribution in [0.15, 0.2) is 24.3 Å². The Kier molecular flexibility index (Phi) is 64.4. The molecule has 0 aromatic heterocycles. The van der Waals surface area contributed by atoms with E-state index in [1.54, 1.807) is 0 Å². The van der Waals surface area contributed by atoms with E-state index < -0.39 is 26.5 Å². The van der Waals surface area contributed by atoms with Gasteiger partial charge in [0.2, 0.25) is 0 Å². The molecule has 0 bridgehead atoms. The highest BCUT2D eigenvalue weighted by Gasteiger charge is 2.26. The molecular formula is C69H134NO8P. The highest BCUT2D eigenvalue weighted by molar-refractivity contribution is 7.47. The molecule has 10 heteroatoms. The molecule has 468 valence electrons. The van der Waals surface area contributed by atoms with Gasteiger partial charge in [-0.25, -0.2) is 4.57 Å². The van der Waals surface area contributed by atoms with E-state index in [9.17, 15) is 19.0 Å². The molecular weight excluding hydrogens is 1000 g/mol. The van der Waals surface area contributed by atoms with Crippen molar-refractivity contribution in [3.05, 3.63) is 24.3 Å². The summed E-state index contributed by atoms with van der Waals surface area (Å²) in [5.74, 6) is -0.802. The number of unbranched alkanes of at least 4 members (excludes halogenated alkanes) is 50. The second-order valence-electron chi connectivity index (χ2n) is 23.8. The monoisotopic (exact) mass is 1140 g/mol. The van der Waals surface area contributed by atoms with Gasteiger partial charge >= 0.3 is 19.8 Å². The van der Waals surface area contributed by atoms with Crippen molar-refractivity contribution in [2.24, 2.45) is 5.73 Å². The average Bonchev–Trinajstić information content (AvgIpc) is 3.44. The molecule has 79 heavy (non-hydrogen) atoms. The molecule has 3 N–H and O–H groups in total. The molecule has 0 aromatic carbocycles. The molecule has 0 fully saturated rings. The molecule has 0 heterocycles. The van der Waals surface area contributed by atoms with E-state index in [2.05, 4.69) is 38.2 Å². The third-order valence-corrected chi connectivity index (χ3v) is 16.8. The minimum atomic E-state index is -4.38. The predicted molar refractivity (Wildman–Crippen MR) is 340 cm³/mol. The number of carbonyl (C=O) groups is 2. The number of phosphoric ester groups is 1. The van der Waals surface area contributed by atoms with Crippen molar-refractivity contribution >= 4 is 19.8 Å². The molecule has 0 rings (SSSR count). The number of esters is 2. The van der Waals surface area contributed by atoms with Crippen LogP contribution in [-0.2, 0) is 32.7 Å². The first kappa shape index (κ1) is 77.5. The smallest absolute Gasteiger partial charge is 0.462 e. The first-order chi connectivity index (χ1) is 38.8. The number of nitrogens with two attached hydrogens (primary N) is 1. The molecule has 9 nitrogen and oxygen atoms in total. The van der Waals surface area contributed by atoms with E-state index in [1.165, 1.54) is 302 Å². The molecule has 0 aliphatic rings. The predicted octanol–water partition coefficient (Wildman–Crippen LogP) is 22.5. The zero-order valence-corrected chi connectivity index (χ0v) is 53.5. The van der Waals surface area contributed by atoms with Gasteiger partial charge in [-0.15, -0.1) is 0 Å². The summed E-state index contributed by atoms with van der Waals surface area (Å²) in [7, 11) is -4.38. The van der Waals surface area contributed by atoms with E-state index in [1.807, 2.05) is 0 Å². The standard InChI is InChI=1S/C69H134NO8P/c1-3-5-7-9-11-13-15-17-19-21-23-24-25-26-27-28-29-30-31-32-33-34-35-36-37-38-39-40-41-42-44-46-48-50-52-54-56-58-60-62-69(72)78-67(66-77-79(73,74)76-64-63-70)65-75-68(71)61-59-57-55-53-51-49-47-45-43-22-20-18-16-14-12-10-8-6-4-2/h15,17,21,23,67H,3-14,16,18-20,22,24-66,70H2,1-2H3,(H,73,74)/b17-15-,23-21-. The van der Waals surface area contributed by atoms with Crippen LogP contribution in [0.5, 0.6) is 0 Å². The van der Waals surface area contributed by atoms with Crippen LogP contribution in [0.4, 0.5) is 0 Å². The highest BCUT2D eigenvalue weighted by atomic mass is 31.2. The maximum absolute atomic E-state index is 12.7. The summed E-state index contributed by atoms with van der Waals surface area (Å²) in [6.07, 6.45) is 80.0. The van der Waals surface area contributed by atoms with Crippen molar-refractivity contribution in [1.82, 2.24) is 0 Å². The molecule has 0 spiro atoms. The summed E-state index contributed by atoms with van der Waals surface area (Å²) in [4.78, 5) is 35.3. The van der Waals surface area contributed by atoms with Gasteiger partial charge in [-0.2, -0.15) is 0 Å². The van der Waals surface area contributed by atoms with E-state index in [0.29, 0.717) is 6.42 Å². The zero-order chi connectivity index (χ0) is 57.3. The van der Waals surface area contributed by atoms with Gasteiger partial charge in [-0.1, -0.05) is 340 Å². The van der Waals surface area contributed by atoms with Crippen LogP contribution in [0, 0.1) is 0 Å². The Labute approximate surface area is 491 Å². The van der Waals surface area contributed by atoms with Crippen molar-refractivity contribution in [2.75, 3.05) is 26.4 Å². The second kappa shape index (κ2) is 65.6. The molecule has 0 radical (unpaired) electrons.